The van der Waals surface area contributed by atoms with Crippen LogP contribution in [0.3, 0.4) is 0 Å². The molecular weight excluding hydrogens is 372 g/mol. The van der Waals surface area contributed by atoms with Crippen LogP contribution < -0.4 is 4.43 Å². The molecule has 2 aromatic carbocycles. The first-order valence-corrected chi connectivity index (χ1v) is 14.4. The van der Waals surface area contributed by atoms with Gasteiger partial charge in [0.1, 0.15) is 5.75 Å². The molecule has 0 aliphatic rings. The molecule has 0 saturated heterocycles. The summed E-state index contributed by atoms with van der Waals surface area (Å²) in [5, 5.41) is 0. The molecule has 0 bridgehead atoms. The van der Waals surface area contributed by atoms with Gasteiger partial charge < -0.3 is 8.85 Å². The van der Waals surface area contributed by atoms with E-state index in [0.29, 0.717) is 0 Å². The van der Waals surface area contributed by atoms with Crippen molar-refractivity contribution in [2.45, 2.75) is 84.2 Å². The molecule has 0 fully saturated rings. The van der Waals surface area contributed by atoms with Gasteiger partial charge in [-0.05, 0) is 42.8 Å². The van der Waals surface area contributed by atoms with Gasteiger partial charge in [0.2, 0.25) is 0 Å². The summed E-state index contributed by atoms with van der Waals surface area (Å²) in [5.74, 6) is 0.907. The van der Waals surface area contributed by atoms with E-state index in [4.69, 9.17) is 8.85 Å². The van der Waals surface area contributed by atoms with E-state index in [0.717, 1.165) is 18.8 Å². The molecule has 0 radical (unpaired) electrons. The van der Waals surface area contributed by atoms with E-state index >= 15 is 0 Å². The second kappa shape index (κ2) is 13.6. The number of hydrogen-bond acceptors (Lipinski definition) is 2. The lowest BCUT2D eigenvalue weighted by Gasteiger charge is -2.24. The molecule has 2 nitrogen and oxygen atoms in total. The van der Waals surface area contributed by atoms with Crippen LogP contribution >= 0.6 is 0 Å². The molecular formula is C26H40O2Si. The predicted octanol–water partition coefficient (Wildman–Crippen LogP) is 8.37. The highest BCUT2D eigenvalue weighted by Gasteiger charge is 2.26. The summed E-state index contributed by atoms with van der Waals surface area (Å²) in [5.41, 5.74) is 2.44. The second-order valence-electron chi connectivity index (χ2n) is 8.42. The maximum atomic E-state index is 6.20. The van der Waals surface area contributed by atoms with Gasteiger partial charge in [0.15, 0.2) is 0 Å². The third-order valence-electron chi connectivity index (χ3n) is 5.27. The van der Waals surface area contributed by atoms with Gasteiger partial charge in [-0.25, -0.2) is 0 Å². The van der Waals surface area contributed by atoms with Gasteiger partial charge in [0, 0.05) is 6.61 Å². The first-order chi connectivity index (χ1) is 14.1. The Morgan fingerprint density at radius 3 is 1.72 bits per heavy atom. The molecule has 0 atom stereocenters. The summed E-state index contributed by atoms with van der Waals surface area (Å²) in [6.45, 7) is 7.36. The molecule has 2 rings (SSSR count). The quantitative estimate of drug-likeness (QED) is 0.216. The van der Waals surface area contributed by atoms with Crippen LogP contribution in [0.25, 0.3) is 11.1 Å². The number of benzene rings is 2. The van der Waals surface area contributed by atoms with Crippen LogP contribution in [0.5, 0.6) is 5.75 Å². The summed E-state index contributed by atoms with van der Waals surface area (Å²) in [6.07, 6.45) is 13.5. The minimum Gasteiger partial charge on any atom is -0.520 e. The maximum Gasteiger partial charge on any atom is 0.392 e. The van der Waals surface area contributed by atoms with Crippen molar-refractivity contribution in [2.24, 2.45) is 0 Å². The van der Waals surface area contributed by atoms with Crippen molar-refractivity contribution in [3.8, 4) is 16.9 Å². The van der Waals surface area contributed by atoms with Crippen molar-refractivity contribution < 1.29 is 8.85 Å². The third kappa shape index (κ3) is 10.1. The van der Waals surface area contributed by atoms with E-state index in [1.54, 1.807) is 0 Å². The van der Waals surface area contributed by atoms with E-state index in [9.17, 15) is 0 Å². The van der Waals surface area contributed by atoms with Crippen LogP contribution in [0.4, 0.5) is 0 Å². The molecule has 0 unspecified atom stereocenters. The minimum atomic E-state index is -2.13. The Bertz CT molecular complexity index is 652. The molecule has 0 heterocycles. The molecule has 3 heteroatoms. The fourth-order valence-electron chi connectivity index (χ4n) is 3.57. The molecule has 0 spiro atoms. The van der Waals surface area contributed by atoms with Crippen molar-refractivity contribution in [3.05, 3.63) is 54.6 Å². The van der Waals surface area contributed by atoms with Crippen LogP contribution in [0.15, 0.2) is 54.6 Å². The highest BCUT2D eigenvalue weighted by molar-refractivity contribution is 6.65. The number of unbranched alkanes of at least 4 members (excludes halogenated alkanes) is 9. The van der Waals surface area contributed by atoms with Crippen LogP contribution in [0.2, 0.25) is 13.1 Å². The molecule has 160 valence electrons. The zero-order valence-corrected chi connectivity index (χ0v) is 19.8. The van der Waals surface area contributed by atoms with Crippen LogP contribution in [-0.4, -0.2) is 15.2 Å². The van der Waals surface area contributed by atoms with Crippen molar-refractivity contribution in [2.75, 3.05) is 6.61 Å². The Morgan fingerprint density at radius 2 is 1.14 bits per heavy atom. The molecule has 0 amide bonds. The number of hydrogen-bond donors (Lipinski definition) is 0. The Kier molecular flexibility index (Phi) is 11.1. The molecule has 0 aliphatic heterocycles. The summed E-state index contributed by atoms with van der Waals surface area (Å²) < 4.78 is 12.3. The van der Waals surface area contributed by atoms with Crippen LogP contribution in [0.1, 0.15) is 71.1 Å². The molecule has 2 aromatic rings. The first-order valence-electron chi connectivity index (χ1n) is 11.6. The fourth-order valence-corrected chi connectivity index (χ4v) is 4.97. The third-order valence-corrected chi connectivity index (χ3v) is 6.90. The maximum absolute atomic E-state index is 6.20. The molecule has 0 saturated carbocycles. The zero-order chi connectivity index (χ0) is 20.8. The van der Waals surface area contributed by atoms with Gasteiger partial charge in [-0.3, -0.25) is 0 Å². The van der Waals surface area contributed by atoms with Crippen molar-refractivity contribution in [3.63, 3.8) is 0 Å². The summed E-state index contributed by atoms with van der Waals surface area (Å²) in [4.78, 5) is 0. The van der Waals surface area contributed by atoms with Gasteiger partial charge in [0.05, 0.1) is 0 Å². The monoisotopic (exact) mass is 412 g/mol. The standard InChI is InChI=1S/C26H40O2Si/c1-4-5-6-7-8-9-10-11-12-16-23-27-29(2,3)28-26-21-19-25(20-22-26)24-17-14-13-15-18-24/h13-15,17-22H,4-12,16,23H2,1-3H3. The van der Waals surface area contributed by atoms with Gasteiger partial charge in [-0.15, -0.1) is 0 Å². The Balaban J connectivity index is 1.58. The molecule has 29 heavy (non-hydrogen) atoms. The smallest absolute Gasteiger partial charge is 0.392 e. The minimum absolute atomic E-state index is 0.817. The first kappa shape index (κ1) is 23.7. The Morgan fingerprint density at radius 1 is 0.621 bits per heavy atom. The van der Waals surface area contributed by atoms with Gasteiger partial charge in [-0.1, -0.05) is 107 Å². The van der Waals surface area contributed by atoms with Gasteiger partial charge >= 0.3 is 8.56 Å². The SMILES string of the molecule is CCCCCCCCCCCCO[Si](C)(C)Oc1ccc(-c2ccccc2)cc1. The number of rotatable bonds is 15. The lowest BCUT2D eigenvalue weighted by Crippen LogP contribution is -2.38. The topological polar surface area (TPSA) is 18.5 Å². The normalized spacial score (nSPS) is 11.6. The van der Waals surface area contributed by atoms with E-state index in [1.165, 1.54) is 68.9 Å². The van der Waals surface area contributed by atoms with Crippen LogP contribution in [-0.2, 0) is 4.43 Å². The van der Waals surface area contributed by atoms with Crippen LogP contribution in [0, 0.1) is 0 Å². The predicted molar refractivity (Wildman–Crippen MR) is 128 cm³/mol. The van der Waals surface area contributed by atoms with E-state index in [1.807, 2.05) is 6.07 Å². The highest BCUT2D eigenvalue weighted by atomic mass is 28.4. The van der Waals surface area contributed by atoms with Gasteiger partial charge in [0.25, 0.3) is 0 Å². The molecule has 0 aliphatic carbocycles. The lowest BCUT2D eigenvalue weighted by atomic mass is 10.1. The zero-order valence-electron chi connectivity index (χ0n) is 18.8. The summed E-state index contributed by atoms with van der Waals surface area (Å²) in [6, 6.07) is 18.8. The van der Waals surface area contributed by atoms with E-state index in [2.05, 4.69) is 68.5 Å². The molecule has 0 aromatic heterocycles. The average Bonchev–Trinajstić information content (AvgIpc) is 2.73. The molecule has 0 N–H and O–H groups in total. The average molecular weight is 413 g/mol. The second-order valence-corrected chi connectivity index (χ2v) is 11.7. The highest BCUT2D eigenvalue weighted by Crippen LogP contribution is 2.24. The Hall–Kier alpha value is -1.58. The van der Waals surface area contributed by atoms with Gasteiger partial charge in [-0.2, -0.15) is 0 Å². The summed E-state index contributed by atoms with van der Waals surface area (Å²) >= 11 is 0. The Labute approximate surface area is 179 Å². The fraction of sp³-hybridized carbons (Fsp3) is 0.538. The van der Waals surface area contributed by atoms with E-state index in [-0.39, 0.29) is 0 Å². The summed E-state index contributed by atoms with van der Waals surface area (Å²) in [7, 11) is -2.13. The van der Waals surface area contributed by atoms with E-state index < -0.39 is 8.56 Å². The lowest BCUT2D eigenvalue weighted by molar-refractivity contribution is 0.240. The van der Waals surface area contributed by atoms with Crippen molar-refractivity contribution in [1.29, 1.82) is 0 Å². The largest absolute Gasteiger partial charge is 0.520 e. The van der Waals surface area contributed by atoms with Crippen molar-refractivity contribution >= 4 is 8.56 Å². The van der Waals surface area contributed by atoms with Crippen molar-refractivity contribution in [1.82, 2.24) is 0 Å².